The molecule has 5 nitrogen and oxygen atoms in total. The zero-order chi connectivity index (χ0) is 13.5. The fourth-order valence-corrected chi connectivity index (χ4v) is 1.25. The third-order valence-corrected chi connectivity index (χ3v) is 2.08. The first-order chi connectivity index (χ1) is 8.50. The molecule has 1 aromatic rings. The lowest BCUT2D eigenvalue weighted by Gasteiger charge is -1.99. The molecular formula is C13H13NO4. The lowest BCUT2D eigenvalue weighted by Crippen LogP contribution is -2.20. The van der Waals surface area contributed by atoms with Crippen LogP contribution in [0.15, 0.2) is 18.2 Å². The SMILES string of the molecule is CC(=O)NCCC#Cc1ccc(O)c(C(=O)O)c1. The smallest absolute Gasteiger partial charge is 0.339 e. The van der Waals surface area contributed by atoms with Crippen molar-refractivity contribution in [1.29, 1.82) is 0 Å². The molecule has 0 saturated carbocycles. The number of phenols is 1. The number of carboxylic acid groups (broad SMARTS) is 1. The van der Waals surface area contributed by atoms with Crippen molar-refractivity contribution in [3.63, 3.8) is 0 Å². The Hall–Kier alpha value is -2.48. The molecule has 0 fully saturated rings. The van der Waals surface area contributed by atoms with Crippen molar-refractivity contribution in [2.75, 3.05) is 6.54 Å². The summed E-state index contributed by atoms with van der Waals surface area (Å²) < 4.78 is 0. The molecule has 0 saturated heterocycles. The zero-order valence-electron chi connectivity index (χ0n) is 9.86. The van der Waals surface area contributed by atoms with Crippen LogP contribution < -0.4 is 5.32 Å². The molecule has 0 atom stereocenters. The molecule has 0 spiro atoms. The summed E-state index contributed by atoms with van der Waals surface area (Å²) in [5.41, 5.74) is 0.330. The van der Waals surface area contributed by atoms with Crippen molar-refractivity contribution in [3.8, 4) is 17.6 Å². The van der Waals surface area contributed by atoms with Crippen LogP contribution >= 0.6 is 0 Å². The van der Waals surface area contributed by atoms with Gasteiger partial charge in [-0.2, -0.15) is 0 Å². The van der Waals surface area contributed by atoms with Crippen molar-refractivity contribution in [3.05, 3.63) is 29.3 Å². The van der Waals surface area contributed by atoms with E-state index in [1.54, 1.807) is 0 Å². The summed E-state index contributed by atoms with van der Waals surface area (Å²) in [5, 5.41) is 20.7. The predicted molar refractivity (Wildman–Crippen MR) is 65.2 cm³/mol. The Morgan fingerprint density at radius 2 is 2.11 bits per heavy atom. The molecule has 1 amide bonds. The van der Waals surface area contributed by atoms with Crippen molar-refractivity contribution in [2.24, 2.45) is 0 Å². The zero-order valence-corrected chi connectivity index (χ0v) is 9.86. The molecule has 18 heavy (non-hydrogen) atoms. The van der Waals surface area contributed by atoms with Crippen molar-refractivity contribution in [2.45, 2.75) is 13.3 Å². The average Bonchev–Trinajstić information content (AvgIpc) is 2.30. The van der Waals surface area contributed by atoms with Gasteiger partial charge in [0.2, 0.25) is 5.91 Å². The molecule has 0 aromatic heterocycles. The summed E-state index contributed by atoms with van der Waals surface area (Å²) in [7, 11) is 0. The third kappa shape index (κ3) is 4.18. The number of rotatable bonds is 3. The second kappa shape index (κ2) is 6.30. The van der Waals surface area contributed by atoms with Gasteiger partial charge in [0.15, 0.2) is 0 Å². The highest BCUT2D eigenvalue weighted by Crippen LogP contribution is 2.17. The number of benzene rings is 1. The van der Waals surface area contributed by atoms with Crippen LogP contribution in [0.5, 0.6) is 5.75 Å². The Labute approximate surface area is 104 Å². The minimum atomic E-state index is -1.20. The standard InChI is InChI=1S/C13H13NO4/c1-9(15)14-7-3-2-4-10-5-6-12(16)11(8-10)13(17)18/h5-6,8,16H,3,7H2,1H3,(H,14,15)(H,17,18). The number of hydrogen-bond acceptors (Lipinski definition) is 3. The Kier molecular flexibility index (Phi) is 4.76. The highest BCUT2D eigenvalue weighted by molar-refractivity contribution is 5.91. The van der Waals surface area contributed by atoms with Crippen LogP contribution in [0.25, 0.3) is 0 Å². The maximum absolute atomic E-state index is 10.8. The van der Waals surface area contributed by atoms with Crippen molar-refractivity contribution >= 4 is 11.9 Å². The van der Waals surface area contributed by atoms with Gasteiger partial charge in [-0.05, 0) is 18.2 Å². The van der Waals surface area contributed by atoms with E-state index in [1.165, 1.54) is 25.1 Å². The molecule has 0 bridgehead atoms. The molecule has 1 rings (SSSR count). The molecule has 5 heteroatoms. The van der Waals surface area contributed by atoms with E-state index in [2.05, 4.69) is 17.2 Å². The summed E-state index contributed by atoms with van der Waals surface area (Å²) in [6, 6.07) is 4.14. The van der Waals surface area contributed by atoms with Crippen molar-refractivity contribution in [1.82, 2.24) is 5.32 Å². The highest BCUT2D eigenvalue weighted by Gasteiger charge is 2.08. The van der Waals surface area contributed by atoms with E-state index in [1.807, 2.05) is 0 Å². The van der Waals surface area contributed by atoms with Crippen LogP contribution in [0.4, 0.5) is 0 Å². The number of amides is 1. The molecule has 0 unspecified atom stereocenters. The Balaban J connectivity index is 2.68. The second-order valence-corrected chi connectivity index (χ2v) is 3.57. The van der Waals surface area contributed by atoms with Gasteiger partial charge in [0.25, 0.3) is 0 Å². The summed E-state index contributed by atoms with van der Waals surface area (Å²) in [6.07, 6.45) is 0.475. The average molecular weight is 247 g/mol. The first-order valence-electron chi connectivity index (χ1n) is 5.30. The van der Waals surface area contributed by atoms with Gasteiger partial charge >= 0.3 is 5.97 Å². The molecule has 3 N–H and O–H groups in total. The number of nitrogens with one attached hydrogen (secondary N) is 1. The topological polar surface area (TPSA) is 86.6 Å². The maximum atomic E-state index is 10.8. The minimum absolute atomic E-state index is 0.116. The first kappa shape index (κ1) is 13.6. The number of carboxylic acids is 1. The quantitative estimate of drug-likeness (QED) is 0.548. The van der Waals surface area contributed by atoms with E-state index in [4.69, 9.17) is 5.11 Å². The predicted octanol–water partition coefficient (Wildman–Crippen LogP) is 0.968. The lowest BCUT2D eigenvalue weighted by molar-refractivity contribution is -0.118. The van der Waals surface area contributed by atoms with E-state index in [9.17, 15) is 14.7 Å². The van der Waals surface area contributed by atoms with E-state index in [0.29, 0.717) is 18.5 Å². The first-order valence-corrected chi connectivity index (χ1v) is 5.30. The fourth-order valence-electron chi connectivity index (χ4n) is 1.25. The highest BCUT2D eigenvalue weighted by atomic mass is 16.4. The van der Waals surface area contributed by atoms with Gasteiger partial charge in [0.1, 0.15) is 11.3 Å². The number of aromatic carboxylic acids is 1. The van der Waals surface area contributed by atoms with Gasteiger partial charge in [-0.1, -0.05) is 11.8 Å². The minimum Gasteiger partial charge on any atom is -0.507 e. The van der Waals surface area contributed by atoms with Gasteiger partial charge in [0.05, 0.1) is 0 Å². The van der Waals surface area contributed by atoms with Gasteiger partial charge in [-0.15, -0.1) is 0 Å². The normalized spacial score (nSPS) is 9.17. The van der Waals surface area contributed by atoms with E-state index < -0.39 is 5.97 Å². The number of aromatic hydroxyl groups is 1. The summed E-state index contributed by atoms with van der Waals surface area (Å²) in [5.74, 6) is 3.97. The Bertz CT molecular complexity index is 526. The van der Waals surface area contributed by atoms with Gasteiger partial charge in [-0.3, -0.25) is 4.79 Å². The number of carbonyl (C=O) groups excluding carboxylic acids is 1. The molecule has 0 heterocycles. The molecule has 0 aliphatic heterocycles. The molecule has 0 aliphatic rings. The number of hydrogen-bond donors (Lipinski definition) is 3. The van der Waals surface area contributed by atoms with Crippen molar-refractivity contribution < 1.29 is 19.8 Å². The molecule has 0 radical (unpaired) electrons. The summed E-state index contributed by atoms with van der Waals surface area (Å²) >= 11 is 0. The van der Waals surface area contributed by atoms with Crippen LogP contribution in [0.3, 0.4) is 0 Å². The molecule has 94 valence electrons. The monoisotopic (exact) mass is 247 g/mol. The largest absolute Gasteiger partial charge is 0.507 e. The molecule has 0 aliphatic carbocycles. The van der Waals surface area contributed by atoms with Gasteiger partial charge in [-0.25, -0.2) is 4.79 Å². The van der Waals surface area contributed by atoms with Crippen LogP contribution in [-0.2, 0) is 4.79 Å². The van der Waals surface area contributed by atoms with E-state index in [0.717, 1.165) is 0 Å². The number of carbonyl (C=O) groups is 2. The molecule has 1 aromatic carbocycles. The van der Waals surface area contributed by atoms with E-state index >= 15 is 0 Å². The Morgan fingerprint density at radius 3 is 2.72 bits per heavy atom. The maximum Gasteiger partial charge on any atom is 0.339 e. The Morgan fingerprint density at radius 1 is 1.39 bits per heavy atom. The lowest BCUT2D eigenvalue weighted by atomic mass is 10.1. The fraction of sp³-hybridized carbons (Fsp3) is 0.231. The summed E-state index contributed by atoms with van der Waals surface area (Å²) in [6.45, 7) is 1.87. The van der Waals surface area contributed by atoms with Crippen LogP contribution in [0, 0.1) is 11.8 Å². The van der Waals surface area contributed by atoms with Crippen LogP contribution in [0.2, 0.25) is 0 Å². The third-order valence-electron chi connectivity index (χ3n) is 2.08. The van der Waals surface area contributed by atoms with Crippen LogP contribution in [-0.4, -0.2) is 28.6 Å². The van der Waals surface area contributed by atoms with E-state index in [-0.39, 0.29) is 17.2 Å². The molecular weight excluding hydrogens is 234 g/mol. The summed E-state index contributed by atoms with van der Waals surface area (Å²) in [4.78, 5) is 21.4. The van der Waals surface area contributed by atoms with Gasteiger partial charge < -0.3 is 15.5 Å². The van der Waals surface area contributed by atoms with Crippen LogP contribution in [0.1, 0.15) is 29.3 Å². The second-order valence-electron chi connectivity index (χ2n) is 3.57. The van der Waals surface area contributed by atoms with Gasteiger partial charge in [0, 0.05) is 25.5 Å².